The van der Waals surface area contributed by atoms with Crippen LogP contribution in [0, 0.1) is 0 Å². The minimum Gasteiger partial charge on any atom is -0.330 e. The highest BCUT2D eigenvalue weighted by atomic mass is 32.1. The summed E-state index contributed by atoms with van der Waals surface area (Å²) in [6.07, 6.45) is 6.13. The minimum atomic E-state index is 0.700. The van der Waals surface area contributed by atoms with E-state index in [2.05, 4.69) is 22.1 Å². The molecule has 0 fully saturated rings. The zero-order valence-electron chi connectivity index (χ0n) is 7.68. The summed E-state index contributed by atoms with van der Waals surface area (Å²) in [7, 11) is 0. The fourth-order valence-corrected chi connectivity index (χ4v) is 2.23. The third-order valence-corrected chi connectivity index (χ3v) is 3.09. The molecular weight excluding hydrogens is 194 g/mol. The summed E-state index contributed by atoms with van der Waals surface area (Å²) in [5.74, 6) is 0. The van der Waals surface area contributed by atoms with Crippen molar-refractivity contribution in [1.29, 1.82) is 0 Å². The van der Waals surface area contributed by atoms with Crippen molar-refractivity contribution < 1.29 is 0 Å². The van der Waals surface area contributed by atoms with E-state index in [0.29, 0.717) is 6.54 Å². The van der Waals surface area contributed by atoms with Gasteiger partial charge in [0.25, 0.3) is 0 Å². The van der Waals surface area contributed by atoms with Gasteiger partial charge in [-0.15, -0.1) is 11.3 Å². The normalized spacial score (nSPS) is 10.4. The molecule has 4 heteroatoms. The van der Waals surface area contributed by atoms with E-state index < -0.39 is 0 Å². The number of hydrogen-bond donors (Lipinski definition) is 1. The predicted octanol–water partition coefficient (Wildman–Crippen LogP) is 1.71. The first-order chi connectivity index (χ1) is 6.90. The molecule has 72 valence electrons. The van der Waals surface area contributed by atoms with Crippen molar-refractivity contribution in [3.05, 3.63) is 35.7 Å². The highest BCUT2D eigenvalue weighted by Gasteiger charge is 2.01. The first-order valence-electron chi connectivity index (χ1n) is 4.44. The molecule has 2 heterocycles. The quantitative estimate of drug-likeness (QED) is 0.829. The van der Waals surface area contributed by atoms with Crippen LogP contribution in [-0.4, -0.2) is 16.5 Å². The van der Waals surface area contributed by atoms with Crippen LogP contribution in [0.4, 0.5) is 0 Å². The van der Waals surface area contributed by atoms with Gasteiger partial charge in [-0.3, -0.25) is 0 Å². The van der Waals surface area contributed by atoms with Crippen molar-refractivity contribution in [2.24, 2.45) is 5.73 Å². The Balaban J connectivity index is 2.25. The number of hydrogen-bond acceptors (Lipinski definition) is 4. The summed E-state index contributed by atoms with van der Waals surface area (Å²) in [4.78, 5) is 10.5. The second-order valence-corrected chi connectivity index (χ2v) is 4.10. The summed E-state index contributed by atoms with van der Waals surface area (Å²) >= 11 is 1.75. The molecule has 0 aromatic carbocycles. The number of aromatic nitrogens is 2. The number of nitrogens with zero attached hydrogens (tertiary/aromatic N) is 2. The second-order valence-electron chi connectivity index (χ2n) is 2.93. The Bertz CT molecular complexity index is 397. The van der Waals surface area contributed by atoms with Crippen LogP contribution in [0.15, 0.2) is 30.9 Å². The topological polar surface area (TPSA) is 51.8 Å². The van der Waals surface area contributed by atoms with E-state index in [9.17, 15) is 0 Å². The molecule has 2 N–H and O–H groups in total. The van der Waals surface area contributed by atoms with Crippen LogP contribution in [0.3, 0.4) is 0 Å². The lowest BCUT2D eigenvalue weighted by Crippen LogP contribution is -2.00. The summed E-state index contributed by atoms with van der Waals surface area (Å²) in [6, 6.07) is 4.20. The highest BCUT2D eigenvalue weighted by Crippen LogP contribution is 2.26. The van der Waals surface area contributed by atoms with E-state index in [-0.39, 0.29) is 0 Å². The molecular formula is C10H11N3S. The lowest BCUT2D eigenvalue weighted by Gasteiger charge is -1.93. The lowest BCUT2D eigenvalue weighted by molar-refractivity contribution is 0.989. The SMILES string of the molecule is NCCc1ccc(-c2cncnc2)s1. The molecule has 0 amide bonds. The standard InChI is InChI=1S/C10H11N3S/c11-4-3-9-1-2-10(14-9)8-5-12-7-13-6-8/h1-2,5-7H,3-4,11H2. The van der Waals surface area contributed by atoms with Crippen molar-refractivity contribution in [2.75, 3.05) is 6.54 Å². The van der Waals surface area contributed by atoms with Gasteiger partial charge in [-0.1, -0.05) is 0 Å². The van der Waals surface area contributed by atoms with Crippen molar-refractivity contribution in [1.82, 2.24) is 9.97 Å². The minimum absolute atomic E-state index is 0.700. The van der Waals surface area contributed by atoms with Crippen LogP contribution in [0.2, 0.25) is 0 Å². The Morgan fingerprint density at radius 1 is 1.21 bits per heavy atom. The predicted molar refractivity (Wildman–Crippen MR) is 58.1 cm³/mol. The maximum absolute atomic E-state index is 5.49. The maximum Gasteiger partial charge on any atom is 0.115 e. The van der Waals surface area contributed by atoms with E-state index in [4.69, 9.17) is 5.73 Å². The van der Waals surface area contributed by atoms with Crippen LogP contribution in [0.5, 0.6) is 0 Å². The third-order valence-electron chi connectivity index (χ3n) is 1.90. The average Bonchev–Trinajstić information content (AvgIpc) is 2.68. The molecule has 0 aliphatic carbocycles. The Kier molecular flexibility index (Phi) is 2.86. The molecule has 0 aliphatic rings. The highest BCUT2D eigenvalue weighted by molar-refractivity contribution is 7.15. The Morgan fingerprint density at radius 3 is 2.71 bits per heavy atom. The van der Waals surface area contributed by atoms with Crippen molar-refractivity contribution in [3.63, 3.8) is 0 Å². The molecule has 14 heavy (non-hydrogen) atoms. The Hall–Kier alpha value is -1.26. The molecule has 0 aliphatic heterocycles. The van der Waals surface area contributed by atoms with Gasteiger partial charge in [0.05, 0.1) is 0 Å². The van der Waals surface area contributed by atoms with E-state index in [1.54, 1.807) is 11.3 Å². The summed E-state index contributed by atoms with van der Waals surface area (Å²) in [5.41, 5.74) is 6.56. The first-order valence-corrected chi connectivity index (χ1v) is 5.26. The van der Waals surface area contributed by atoms with Crippen molar-refractivity contribution in [2.45, 2.75) is 6.42 Å². The van der Waals surface area contributed by atoms with Gasteiger partial charge in [0.15, 0.2) is 0 Å². The van der Waals surface area contributed by atoms with Crippen LogP contribution >= 0.6 is 11.3 Å². The van der Waals surface area contributed by atoms with Crippen LogP contribution in [-0.2, 0) is 6.42 Å². The smallest absolute Gasteiger partial charge is 0.115 e. The van der Waals surface area contributed by atoms with Gasteiger partial charge in [0.2, 0.25) is 0 Å². The van der Waals surface area contributed by atoms with Gasteiger partial charge >= 0.3 is 0 Å². The fraction of sp³-hybridized carbons (Fsp3) is 0.200. The molecule has 2 aromatic heterocycles. The van der Waals surface area contributed by atoms with Gasteiger partial charge in [-0.2, -0.15) is 0 Å². The van der Waals surface area contributed by atoms with E-state index in [1.807, 2.05) is 12.4 Å². The third kappa shape index (κ3) is 1.97. The molecule has 0 spiro atoms. The zero-order chi connectivity index (χ0) is 9.80. The molecule has 0 bridgehead atoms. The summed E-state index contributed by atoms with van der Waals surface area (Å²) < 4.78 is 0. The van der Waals surface area contributed by atoms with Crippen LogP contribution < -0.4 is 5.73 Å². The lowest BCUT2D eigenvalue weighted by atomic mass is 10.3. The monoisotopic (exact) mass is 205 g/mol. The summed E-state index contributed by atoms with van der Waals surface area (Å²) in [6.45, 7) is 0.700. The molecule has 2 rings (SSSR count). The largest absolute Gasteiger partial charge is 0.330 e. The molecule has 0 saturated heterocycles. The molecule has 3 nitrogen and oxygen atoms in total. The maximum atomic E-state index is 5.49. The van der Waals surface area contributed by atoms with E-state index in [1.165, 1.54) is 16.1 Å². The molecule has 0 radical (unpaired) electrons. The Morgan fingerprint density at radius 2 is 2.00 bits per heavy atom. The summed E-state index contributed by atoms with van der Waals surface area (Å²) in [5, 5.41) is 0. The van der Waals surface area contributed by atoms with E-state index in [0.717, 1.165) is 12.0 Å². The van der Waals surface area contributed by atoms with Gasteiger partial charge in [-0.25, -0.2) is 9.97 Å². The van der Waals surface area contributed by atoms with Gasteiger partial charge in [0, 0.05) is 27.7 Å². The molecule has 2 aromatic rings. The molecule has 0 atom stereocenters. The fourth-order valence-electron chi connectivity index (χ4n) is 1.24. The van der Waals surface area contributed by atoms with Crippen molar-refractivity contribution in [3.8, 4) is 10.4 Å². The Labute approximate surface area is 86.6 Å². The van der Waals surface area contributed by atoms with Crippen LogP contribution in [0.1, 0.15) is 4.88 Å². The second kappa shape index (κ2) is 4.30. The van der Waals surface area contributed by atoms with Gasteiger partial charge in [-0.05, 0) is 25.1 Å². The number of nitrogens with two attached hydrogens (primary N) is 1. The van der Waals surface area contributed by atoms with Gasteiger partial charge in [0.1, 0.15) is 6.33 Å². The molecule has 0 saturated carbocycles. The zero-order valence-corrected chi connectivity index (χ0v) is 8.50. The van der Waals surface area contributed by atoms with Crippen molar-refractivity contribution >= 4 is 11.3 Å². The first kappa shape index (κ1) is 9.30. The number of rotatable bonds is 3. The number of thiophene rings is 1. The average molecular weight is 205 g/mol. The van der Waals surface area contributed by atoms with Gasteiger partial charge < -0.3 is 5.73 Å². The van der Waals surface area contributed by atoms with Crippen LogP contribution in [0.25, 0.3) is 10.4 Å². The van der Waals surface area contributed by atoms with E-state index >= 15 is 0 Å². The molecule has 0 unspecified atom stereocenters.